The van der Waals surface area contributed by atoms with Crippen molar-refractivity contribution < 1.29 is 13.9 Å². The standard InChI is InChI=1S/C21H21NO3/c1-3-15-7-5-9-17(10-15)24-18-12-22(13-18)21(23)19-11-16-8-4-6-14(2)20(16)25-19/h4-11,18H,3,12-13H2,1-2H3. The van der Waals surface area contributed by atoms with Crippen molar-refractivity contribution in [2.75, 3.05) is 13.1 Å². The molecule has 25 heavy (non-hydrogen) atoms. The molecule has 1 amide bonds. The Balaban J connectivity index is 1.41. The third-order valence-corrected chi connectivity index (χ3v) is 4.70. The highest BCUT2D eigenvalue weighted by Gasteiger charge is 2.34. The van der Waals surface area contributed by atoms with E-state index in [2.05, 4.69) is 19.1 Å². The van der Waals surface area contributed by atoms with Crippen LogP contribution in [0.25, 0.3) is 11.0 Å². The van der Waals surface area contributed by atoms with Crippen LogP contribution >= 0.6 is 0 Å². The lowest BCUT2D eigenvalue weighted by molar-refractivity contribution is 0.0156. The highest BCUT2D eigenvalue weighted by Crippen LogP contribution is 2.26. The molecule has 4 nitrogen and oxygen atoms in total. The van der Waals surface area contributed by atoms with Crippen LogP contribution in [0.3, 0.4) is 0 Å². The first-order valence-corrected chi connectivity index (χ1v) is 8.68. The van der Waals surface area contributed by atoms with Crippen molar-refractivity contribution in [1.82, 2.24) is 4.90 Å². The topological polar surface area (TPSA) is 42.7 Å². The molecule has 128 valence electrons. The first-order chi connectivity index (χ1) is 12.1. The highest BCUT2D eigenvalue weighted by atomic mass is 16.5. The number of hydrogen-bond acceptors (Lipinski definition) is 3. The first-order valence-electron chi connectivity index (χ1n) is 8.68. The van der Waals surface area contributed by atoms with Crippen LogP contribution in [0.5, 0.6) is 5.75 Å². The third kappa shape index (κ3) is 3.00. The van der Waals surface area contributed by atoms with Crippen molar-refractivity contribution in [1.29, 1.82) is 0 Å². The number of carbonyl (C=O) groups excluding carboxylic acids is 1. The van der Waals surface area contributed by atoms with E-state index in [0.717, 1.165) is 28.7 Å². The predicted molar refractivity (Wildman–Crippen MR) is 97.1 cm³/mol. The van der Waals surface area contributed by atoms with Gasteiger partial charge in [0, 0.05) is 5.39 Å². The minimum absolute atomic E-state index is 0.0437. The molecule has 2 heterocycles. The van der Waals surface area contributed by atoms with E-state index in [-0.39, 0.29) is 12.0 Å². The van der Waals surface area contributed by atoms with Gasteiger partial charge in [0.2, 0.25) is 0 Å². The van der Waals surface area contributed by atoms with Crippen molar-refractivity contribution >= 4 is 16.9 Å². The molecule has 1 aliphatic heterocycles. The summed E-state index contributed by atoms with van der Waals surface area (Å²) in [7, 11) is 0. The molecule has 0 aliphatic carbocycles. The van der Waals surface area contributed by atoms with E-state index in [1.807, 2.05) is 43.3 Å². The SMILES string of the molecule is CCc1cccc(OC2CN(C(=O)c3cc4cccc(C)c4o3)C2)c1. The van der Waals surface area contributed by atoms with E-state index >= 15 is 0 Å². The smallest absolute Gasteiger partial charge is 0.289 e. The zero-order valence-corrected chi connectivity index (χ0v) is 14.5. The number of aryl methyl sites for hydroxylation is 2. The quantitative estimate of drug-likeness (QED) is 0.717. The van der Waals surface area contributed by atoms with E-state index < -0.39 is 0 Å². The second kappa shape index (κ2) is 6.28. The van der Waals surface area contributed by atoms with Crippen molar-refractivity contribution in [2.45, 2.75) is 26.4 Å². The fourth-order valence-corrected chi connectivity index (χ4v) is 3.18. The number of benzene rings is 2. The number of para-hydroxylation sites is 1. The second-order valence-corrected chi connectivity index (χ2v) is 6.55. The van der Waals surface area contributed by atoms with E-state index in [9.17, 15) is 4.79 Å². The highest BCUT2D eigenvalue weighted by molar-refractivity contribution is 5.97. The molecule has 1 saturated heterocycles. The van der Waals surface area contributed by atoms with Crippen LogP contribution in [0.1, 0.15) is 28.6 Å². The number of hydrogen-bond donors (Lipinski definition) is 0. The van der Waals surface area contributed by atoms with Gasteiger partial charge >= 0.3 is 0 Å². The Morgan fingerprint density at radius 2 is 2.00 bits per heavy atom. The molecular formula is C21H21NO3. The summed E-state index contributed by atoms with van der Waals surface area (Å²) >= 11 is 0. The van der Waals surface area contributed by atoms with Crippen molar-refractivity contribution in [3.8, 4) is 5.75 Å². The predicted octanol–water partition coefficient (Wildman–Crippen LogP) is 4.21. The Morgan fingerprint density at radius 1 is 1.20 bits per heavy atom. The van der Waals surface area contributed by atoms with Crippen LogP contribution in [-0.2, 0) is 6.42 Å². The summed E-state index contributed by atoms with van der Waals surface area (Å²) in [5.74, 6) is 1.20. The van der Waals surface area contributed by atoms with Gasteiger partial charge in [0.15, 0.2) is 5.76 Å². The second-order valence-electron chi connectivity index (χ2n) is 6.55. The van der Waals surface area contributed by atoms with Crippen LogP contribution in [0.4, 0.5) is 0 Å². The molecule has 4 heteroatoms. The minimum atomic E-state index is -0.0715. The van der Waals surface area contributed by atoms with Gasteiger partial charge in [0.05, 0.1) is 13.1 Å². The summed E-state index contributed by atoms with van der Waals surface area (Å²) in [6.07, 6.45) is 1.03. The van der Waals surface area contributed by atoms with Gasteiger partial charge in [-0.1, -0.05) is 37.3 Å². The number of amides is 1. The van der Waals surface area contributed by atoms with Crippen LogP contribution in [0.2, 0.25) is 0 Å². The van der Waals surface area contributed by atoms with Gasteiger partial charge in [0.1, 0.15) is 17.4 Å². The Kier molecular flexibility index (Phi) is 3.96. The molecule has 4 rings (SSSR count). The molecule has 1 aromatic heterocycles. The maximum absolute atomic E-state index is 12.6. The number of carbonyl (C=O) groups is 1. The van der Waals surface area contributed by atoms with Gasteiger partial charge in [-0.3, -0.25) is 4.79 Å². The first kappa shape index (κ1) is 15.8. The van der Waals surface area contributed by atoms with Crippen molar-refractivity contribution in [2.24, 2.45) is 0 Å². The van der Waals surface area contributed by atoms with E-state index in [4.69, 9.17) is 9.15 Å². The molecule has 0 saturated carbocycles. The summed E-state index contributed by atoms with van der Waals surface area (Å²) in [5, 5.41) is 0.966. The lowest BCUT2D eigenvalue weighted by atomic mass is 10.1. The minimum Gasteiger partial charge on any atom is -0.487 e. The Morgan fingerprint density at radius 3 is 2.76 bits per heavy atom. The molecule has 0 atom stereocenters. The lowest BCUT2D eigenvalue weighted by Crippen LogP contribution is -2.56. The average molecular weight is 335 g/mol. The zero-order valence-electron chi connectivity index (χ0n) is 14.5. The Labute approximate surface area is 147 Å². The van der Waals surface area contributed by atoms with Gasteiger partial charge in [-0.05, 0) is 42.7 Å². The molecule has 0 N–H and O–H groups in total. The number of fused-ring (bicyclic) bond motifs is 1. The summed E-state index contributed by atoms with van der Waals surface area (Å²) in [6.45, 7) is 5.28. The van der Waals surface area contributed by atoms with Gasteiger partial charge in [-0.15, -0.1) is 0 Å². The van der Waals surface area contributed by atoms with Gasteiger partial charge < -0.3 is 14.1 Å². The molecule has 1 fully saturated rings. The zero-order chi connectivity index (χ0) is 17.4. The molecule has 0 unspecified atom stereocenters. The van der Waals surface area contributed by atoms with Gasteiger partial charge in [0.25, 0.3) is 5.91 Å². The van der Waals surface area contributed by atoms with Crippen LogP contribution in [0.15, 0.2) is 52.9 Å². The molecule has 1 aliphatic rings. The Bertz CT molecular complexity index is 922. The largest absolute Gasteiger partial charge is 0.487 e. The number of ether oxygens (including phenoxy) is 1. The third-order valence-electron chi connectivity index (χ3n) is 4.70. The molecule has 0 bridgehead atoms. The van der Waals surface area contributed by atoms with Crippen LogP contribution < -0.4 is 4.74 Å². The van der Waals surface area contributed by atoms with Gasteiger partial charge in [-0.2, -0.15) is 0 Å². The number of likely N-dealkylation sites (tertiary alicyclic amines) is 1. The summed E-state index contributed by atoms with van der Waals surface area (Å²) in [4.78, 5) is 14.3. The molecule has 3 aromatic rings. The maximum Gasteiger partial charge on any atom is 0.289 e. The fourth-order valence-electron chi connectivity index (χ4n) is 3.18. The molecule has 0 radical (unpaired) electrons. The Hall–Kier alpha value is -2.75. The average Bonchev–Trinajstić information content (AvgIpc) is 3.03. The summed E-state index contributed by atoms with van der Waals surface area (Å²) in [6, 6.07) is 15.9. The summed E-state index contributed by atoms with van der Waals surface area (Å²) in [5.41, 5.74) is 3.08. The molecule has 0 spiro atoms. The number of furan rings is 1. The maximum atomic E-state index is 12.6. The fraction of sp³-hybridized carbons (Fsp3) is 0.286. The van der Waals surface area contributed by atoms with Crippen LogP contribution in [0, 0.1) is 6.92 Å². The van der Waals surface area contributed by atoms with Crippen LogP contribution in [-0.4, -0.2) is 30.0 Å². The van der Waals surface area contributed by atoms with Gasteiger partial charge in [-0.25, -0.2) is 0 Å². The number of rotatable bonds is 4. The summed E-state index contributed by atoms with van der Waals surface area (Å²) < 4.78 is 11.7. The van der Waals surface area contributed by atoms with E-state index in [1.165, 1.54) is 5.56 Å². The van der Waals surface area contributed by atoms with E-state index in [1.54, 1.807) is 4.90 Å². The molecule has 2 aromatic carbocycles. The number of nitrogens with zero attached hydrogens (tertiary/aromatic N) is 1. The van der Waals surface area contributed by atoms with Crippen molar-refractivity contribution in [3.05, 3.63) is 65.4 Å². The molecular weight excluding hydrogens is 314 g/mol. The monoisotopic (exact) mass is 335 g/mol. The van der Waals surface area contributed by atoms with E-state index in [0.29, 0.717) is 18.8 Å². The van der Waals surface area contributed by atoms with Crippen molar-refractivity contribution in [3.63, 3.8) is 0 Å². The lowest BCUT2D eigenvalue weighted by Gasteiger charge is -2.38. The normalized spacial score (nSPS) is 14.6.